The smallest absolute Gasteiger partial charge is 0.253 e. The monoisotopic (exact) mass is 238 g/mol. The molecule has 0 aromatic carbocycles. The molecule has 1 aliphatic heterocycles. The third kappa shape index (κ3) is 5.13. The van der Waals surface area contributed by atoms with Crippen molar-refractivity contribution < 1.29 is 9.59 Å². The van der Waals surface area contributed by atoms with Gasteiger partial charge in [0, 0.05) is 18.7 Å². The number of unbranched alkanes of at least 4 members (excludes halogenated alkanes) is 6. The lowest BCUT2D eigenvalue weighted by molar-refractivity contribution is -0.136. The number of nitrogens with two attached hydrogens (primary N) is 1. The summed E-state index contributed by atoms with van der Waals surface area (Å²) in [6.07, 6.45) is 10.6. The van der Waals surface area contributed by atoms with Gasteiger partial charge in [-0.3, -0.25) is 14.5 Å². The van der Waals surface area contributed by atoms with Crippen LogP contribution in [0.15, 0.2) is 12.2 Å². The Balaban J connectivity index is 1.94. The zero-order valence-electron chi connectivity index (χ0n) is 10.4. The highest BCUT2D eigenvalue weighted by Crippen LogP contribution is 2.09. The van der Waals surface area contributed by atoms with Gasteiger partial charge in [0.05, 0.1) is 0 Å². The van der Waals surface area contributed by atoms with Gasteiger partial charge in [-0.25, -0.2) is 0 Å². The van der Waals surface area contributed by atoms with Crippen LogP contribution in [-0.4, -0.2) is 29.8 Å². The van der Waals surface area contributed by atoms with Crippen molar-refractivity contribution in [1.29, 1.82) is 0 Å². The third-order valence-electron chi connectivity index (χ3n) is 2.99. The van der Waals surface area contributed by atoms with Crippen LogP contribution in [0.4, 0.5) is 0 Å². The maximum Gasteiger partial charge on any atom is 0.253 e. The van der Waals surface area contributed by atoms with Crippen LogP contribution in [-0.2, 0) is 9.59 Å². The van der Waals surface area contributed by atoms with Crippen LogP contribution in [0, 0.1) is 0 Å². The summed E-state index contributed by atoms with van der Waals surface area (Å²) in [4.78, 5) is 23.8. The quantitative estimate of drug-likeness (QED) is 0.490. The van der Waals surface area contributed by atoms with Crippen molar-refractivity contribution in [2.45, 2.75) is 44.9 Å². The molecular formula is C13H22N2O2. The SMILES string of the molecule is NCCCCCCCCCN1C(=O)C=CC1=O. The van der Waals surface area contributed by atoms with Crippen LogP contribution >= 0.6 is 0 Å². The molecule has 0 unspecified atom stereocenters. The Morgan fingerprint density at radius 2 is 1.29 bits per heavy atom. The molecule has 1 rings (SSSR count). The molecule has 4 heteroatoms. The number of hydrogen-bond acceptors (Lipinski definition) is 3. The van der Waals surface area contributed by atoms with Gasteiger partial charge in [0.15, 0.2) is 0 Å². The Kier molecular flexibility index (Phi) is 6.55. The lowest BCUT2D eigenvalue weighted by Gasteiger charge is -2.12. The third-order valence-corrected chi connectivity index (χ3v) is 2.99. The van der Waals surface area contributed by atoms with Crippen LogP contribution in [0.25, 0.3) is 0 Å². The molecule has 0 bridgehead atoms. The Hall–Kier alpha value is -1.16. The molecular weight excluding hydrogens is 216 g/mol. The summed E-state index contributed by atoms with van der Waals surface area (Å²) in [6.45, 7) is 1.35. The molecule has 0 aromatic rings. The fourth-order valence-corrected chi connectivity index (χ4v) is 1.95. The molecule has 0 aromatic heterocycles. The molecule has 4 nitrogen and oxygen atoms in total. The highest BCUT2D eigenvalue weighted by atomic mass is 16.2. The second-order valence-corrected chi connectivity index (χ2v) is 4.42. The summed E-state index contributed by atoms with van der Waals surface area (Å²) >= 11 is 0. The minimum atomic E-state index is -0.169. The fraction of sp³-hybridized carbons (Fsp3) is 0.692. The van der Waals surface area contributed by atoms with Gasteiger partial charge in [-0.15, -0.1) is 0 Å². The van der Waals surface area contributed by atoms with E-state index in [0.717, 1.165) is 25.8 Å². The van der Waals surface area contributed by atoms with Gasteiger partial charge in [-0.05, 0) is 19.4 Å². The molecule has 0 fully saturated rings. The van der Waals surface area contributed by atoms with E-state index >= 15 is 0 Å². The van der Waals surface area contributed by atoms with E-state index in [-0.39, 0.29) is 11.8 Å². The van der Waals surface area contributed by atoms with E-state index < -0.39 is 0 Å². The van der Waals surface area contributed by atoms with Gasteiger partial charge >= 0.3 is 0 Å². The normalized spacial score (nSPS) is 15.0. The van der Waals surface area contributed by atoms with Crippen LogP contribution in [0.2, 0.25) is 0 Å². The molecule has 1 aliphatic rings. The van der Waals surface area contributed by atoms with E-state index in [1.807, 2.05) is 0 Å². The number of imide groups is 1. The van der Waals surface area contributed by atoms with Crippen molar-refractivity contribution in [1.82, 2.24) is 4.90 Å². The first-order chi connectivity index (χ1) is 8.25. The van der Waals surface area contributed by atoms with Crippen molar-refractivity contribution in [3.05, 3.63) is 12.2 Å². The van der Waals surface area contributed by atoms with Crippen LogP contribution in [0.3, 0.4) is 0 Å². The molecule has 0 spiro atoms. The van der Waals surface area contributed by atoms with Crippen LogP contribution in [0.1, 0.15) is 44.9 Å². The summed E-state index contributed by atoms with van der Waals surface area (Å²) in [7, 11) is 0. The summed E-state index contributed by atoms with van der Waals surface area (Å²) in [6, 6.07) is 0. The standard InChI is InChI=1S/C13H22N2O2/c14-10-6-4-2-1-3-5-7-11-15-12(16)8-9-13(15)17/h8-9H,1-7,10-11,14H2. The zero-order valence-corrected chi connectivity index (χ0v) is 10.4. The van der Waals surface area contributed by atoms with Gasteiger partial charge in [-0.1, -0.05) is 32.1 Å². The summed E-state index contributed by atoms with van der Waals surface area (Å²) in [5.41, 5.74) is 5.41. The topological polar surface area (TPSA) is 63.4 Å². The molecule has 0 aliphatic carbocycles. The van der Waals surface area contributed by atoms with E-state index in [1.165, 1.54) is 42.7 Å². The number of nitrogens with zero attached hydrogens (tertiary/aromatic N) is 1. The number of carbonyl (C=O) groups is 2. The number of amides is 2. The molecule has 96 valence electrons. The van der Waals surface area contributed by atoms with Crippen LogP contribution < -0.4 is 5.73 Å². The van der Waals surface area contributed by atoms with Crippen molar-refractivity contribution in [2.75, 3.05) is 13.1 Å². The van der Waals surface area contributed by atoms with E-state index in [0.29, 0.717) is 6.54 Å². The zero-order chi connectivity index (χ0) is 12.5. The average molecular weight is 238 g/mol. The first-order valence-electron chi connectivity index (χ1n) is 6.49. The predicted octanol–water partition coefficient (Wildman–Crippen LogP) is 1.60. The lowest BCUT2D eigenvalue weighted by atomic mass is 10.1. The van der Waals surface area contributed by atoms with Gasteiger partial charge in [0.2, 0.25) is 0 Å². The Bertz CT molecular complexity index is 269. The number of carbonyl (C=O) groups excluding carboxylic acids is 2. The first kappa shape index (κ1) is 13.9. The van der Waals surface area contributed by atoms with Gasteiger partial charge in [0.1, 0.15) is 0 Å². The lowest BCUT2D eigenvalue weighted by Crippen LogP contribution is -2.30. The second-order valence-electron chi connectivity index (χ2n) is 4.42. The molecule has 0 atom stereocenters. The fourth-order valence-electron chi connectivity index (χ4n) is 1.95. The van der Waals surface area contributed by atoms with Crippen molar-refractivity contribution in [3.8, 4) is 0 Å². The van der Waals surface area contributed by atoms with Gasteiger partial charge < -0.3 is 5.73 Å². The first-order valence-corrected chi connectivity index (χ1v) is 6.49. The van der Waals surface area contributed by atoms with E-state index in [4.69, 9.17) is 5.73 Å². The van der Waals surface area contributed by atoms with Gasteiger partial charge in [0.25, 0.3) is 11.8 Å². The Morgan fingerprint density at radius 3 is 1.82 bits per heavy atom. The molecule has 2 N–H and O–H groups in total. The number of rotatable bonds is 9. The molecule has 0 saturated heterocycles. The molecule has 2 amide bonds. The van der Waals surface area contributed by atoms with Crippen molar-refractivity contribution >= 4 is 11.8 Å². The summed E-state index contributed by atoms with van der Waals surface area (Å²) in [5, 5.41) is 0. The molecule has 0 saturated carbocycles. The Morgan fingerprint density at radius 1 is 0.824 bits per heavy atom. The molecule has 0 radical (unpaired) electrons. The number of hydrogen-bond donors (Lipinski definition) is 1. The van der Waals surface area contributed by atoms with Gasteiger partial charge in [-0.2, -0.15) is 0 Å². The summed E-state index contributed by atoms with van der Waals surface area (Å²) < 4.78 is 0. The highest BCUT2D eigenvalue weighted by molar-refractivity contribution is 6.12. The average Bonchev–Trinajstić information content (AvgIpc) is 2.63. The molecule has 17 heavy (non-hydrogen) atoms. The maximum atomic E-state index is 11.2. The van der Waals surface area contributed by atoms with E-state index in [2.05, 4.69) is 0 Å². The highest BCUT2D eigenvalue weighted by Gasteiger charge is 2.21. The summed E-state index contributed by atoms with van der Waals surface area (Å²) in [5.74, 6) is -0.337. The van der Waals surface area contributed by atoms with Crippen LogP contribution in [0.5, 0.6) is 0 Å². The van der Waals surface area contributed by atoms with E-state index in [9.17, 15) is 9.59 Å². The van der Waals surface area contributed by atoms with E-state index in [1.54, 1.807) is 0 Å². The Labute approximate surface area is 103 Å². The maximum absolute atomic E-state index is 11.2. The van der Waals surface area contributed by atoms with Crippen molar-refractivity contribution in [2.24, 2.45) is 5.73 Å². The minimum Gasteiger partial charge on any atom is -0.330 e. The predicted molar refractivity (Wildman–Crippen MR) is 67.2 cm³/mol. The van der Waals surface area contributed by atoms with Crippen molar-refractivity contribution in [3.63, 3.8) is 0 Å². The largest absolute Gasteiger partial charge is 0.330 e. The second kappa shape index (κ2) is 8.01. The molecule has 1 heterocycles. The minimum absolute atomic E-state index is 0.169.